The maximum Gasteiger partial charge on any atom is 0.225 e. The smallest absolute Gasteiger partial charge is 0.225 e. The monoisotopic (exact) mass is 361 g/mol. The average Bonchev–Trinajstić information content (AvgIpc) is 3.35. The summed E-state index contributed by atoms with van der Waals surface area (Å²) in [5.41, 5.74) is 0. The third kappa shape index (κ3) is 4.47. The highest BCUT2D eigenvalue weighted by Crippen LogP contribution is 2.25. The summed E-state index contributed by atoms with van der Waals surface area (Å²) in [6, 6.07) is 3.98. The van der Waals surface area contributed by atoms with Gasteiger partial charge in [-0.3, -0.25) is 14.5 Å². The maximum absolute atomic E-state index is 12.7. The number of hydrogen-bond acceptors (Lipinski definition) is 4. The number of carbonyl (C=O) groups excluding carboxylic acids is 2. The molecule has 1 aromatic heterocycles. The van der Waals surface area contributed by atoms with Gasteiger partial charge in [0.2, 0.25) is 11.8 Å². The van der Waals surface area contributed by atoms with Crippen LogP contribution in [-0.4, -0.2) is 54.3 Å². The predicted octanol–water partition coefficient (Wildman–Crippen LogP) is 2.43. The Morgan fingerprint density at radius 3 is 2.65 bits per heavy atom. The van der Waals surface area contributed by atoms with Crippen LogP contribution in [0.25, 0.3) is 0 Å². The van der Waals surface area contributed by atoms with E-state index in [0.29, 0.717) is 13.1 Å². The second-order valence-corrected chi connectivity index (χ2v) is 7.80. The minimum absolute atomic E-state index is 0.0182. The minimum Gasteiger partial charge on any atom is -0.468 e. The van der Waals surface area contributed by atoms with Crippen LogP contribution in [0.2, 0.25) is 0 Å². The van der Waals surface area contributed by atoms with Crippen molar-refractivity contribution in [3.63, 3.8) is 0 Å². The van der Waals surface area contributed by atoms with Gasteiger partial charge in [0.05, 0.1) is 18.2 Å². The van der Waals surface area contributed by atoms with Crippen LogP contribution < -0.4 is 5.32 Å². The van der Waals surface area contributed by atoms with Crippen LogP contribution in [0.1, 0.15) is 51.3 Å². The van der Waals surface area contributed by atoms with Gasteiger partial charge in [-0.25, -0.2) is 0 Å². The van der Waals surface area contributed by atoms with Gasteiger partial charge in [-0.15, -0.1) is 0 Å². The molecule has 2 aliphatic rings. The first-order valence-corrected chi connectivity index (χ1v) is 9.90. The van der Waals surface area contributed by atoms with E-state index in [9.17, 15) is 9.59 Å². The zero-order valence-corrected chi connectivity index (χ0v) is 15.9. The number of amides is 2. The zero-order valence-electron chi connectivity index (χ0n) is 15.9. The number of furan rings is 1. The molecule has 1 aromatic rings. The van der Waals surface area contributed by atoms with E-state index in [4.69, 9.17) is 4.42 Å². The second-order valence-electron chi connectivity index (χ2n) is 7.80. The van der Waals surface area contributed by atoms with Crippen LogP contribution in [0.15, 0.2) is 22.8 Å². The SMILES string of the molecule is CC(C)C(=O)N1CCC[C@H](C(=O)NC[C@H](c2ccco2)N2CCCC2)C1. The summed E-state index contributed by atoms with van der Waals surface area (Å²) in [5, 5.41) is 3.13. The summed E-state index contributed by atoms with van der Waals surface area (Å²) in [7, 11) is 0. The predicted molar refractivity (Wildman–Crippen MR) is 99.4 cm³/mol. The van der Waals surface area contributed by atoms with Crippen LogP contribution in [0.4, 0.5) is 0 Å². The van der Waals surface area contributed by atoms with E-state index in [1.807, 2.05) is 30.9 Å². The van der Waals surface area contributed by atoms with E-state index < -0.39 is 0 Å². The number of rotatable bonds is 6. The lowest BCUT2D eigenvalue weighted by Gasteiger charge is -2.33. The Labute approximate surface area is 155 Å². The van der Waals surface area contributed by atoms with E-state index in [-0.39, 0.29) is 29.7 Å². The number of piperidine rings is 1. The highest BCUT2D eigenvalue weighted by atomic mass is 16.3. The van der Waals surface area contributed by atoms with Crippen molar-refractivity contribution in [2.45, 2.75) is 45.6 Å². The number of hydrogen-bond donors (Lipinski definition) is 1. The molecule has 2 fully saturated rings. The Morgan fingerprint density at radius 2 is 2.00 bits per heavy atom. The molecule has 6 nitrogen and oxygen atoms in total. The highest BCUT2D eigenvalue weighted by Gasteiger charge is 2.31. The van der Waals surface area contributed by atoms with Gasteiger partial charge in [-0.05, 0) is 50.9 Å². The van der Waals surface area contributed by atoms with Gasteiger partial charge in [0.25, 0.3) is 0 Å². The van der Waals surface area contributed by atoms with Gasteiger partial charge in [0.1, 0.15) is 5.76 Å². The Balaban J connectivity index is 1.57. The quantitative estimate of drug-likeness (QED) is 0.845. The van der Waals surface area contributed by atoms with Crippen molar-refractivity contribution in [3.8, 4) is 0 Å². The van der Waals surface area contributed by atoms with E-state index in [1.165, 1.54) is 12.8 Å². The van der Waals surface area contributed by atoms with Crippen molar-refractivity contribution in [1.82, 2.24) is 15.1 Å². The molecule has 3 rings (SSSR count). The molecule has 6 heteroatoms. The molecule has 0 saturated carbocycles. The molecule has 2 aliphatic heterocycles. The van der Waals surface area contributed by atoms with Crippen molar-refractivity contribution < 1.29 is 14.0 Å². The molecule has 2 amide bonds. The molecule has 2 atom stereocenters. The topological polar surface area (TPSA) is 65.8 Å². The summed E-state index contributed by atoms with van der Waals surface area (Å²) in [4.78, 5) is 29.2. The molecular weight excluding hydrogens is 330 g/mol. The average molecular weight is 361 g/mol. The van der Waals surface area contributed by atoms with E-state index in [1.54, 1.807) is 6.26 Å². The van der Waals surface area contributed by atoms with Gasteiger partial charge in [0, 0.05) is 25.6 Å². The number of carbonyl (C=O) groups is 2. The van der Waals surface area contributed by atoms with Crippen LogP contribution in [0.3, 0.4) is 0 Å². The molecular formula is C20H31N3O3. The summed E-state index contributed by atoms with van der Waals surface area (Å²) >= 11 is 0. The second kappa shape index (κ2) is 8.71. The van der Waals surface area contributed by atoms with Crippen molar-refractivity contribution >= 4 is 11.8 Å². The van der Waals surface area contributed by atoms with E-state index in [2.05, 4.69) is 10.2 Å². The van der Waals surface area contributed by atoms with Crippen LogP contribution in [0, 0.1) is 11.8 Å². The Kier molecular flexibility index (Phi) is 6.35. The standard InChI is InChI=1S/C20H31N3O3/c1-15(2)20(25)23-11-5-7-16(14-23)19(24)21-13-17(18-8-6-12-26-18)22-9-3-4-10-22/h6,8,12,15-17H,3-5,7,9-11,13-14H2,1-2H3,(H,21,24)/t16-,17+/m0/s1. The molecule has 26 heavy (non-hydrogen) atoms. The summed E-state index contributed by atoms with van der Waals surface area (Å²) in [6.07, 6.45) is 5.82. The first-order chi connectivity index (χ1) is 12.6. The first-order valence-electron chi connectivity index (χ1n) is 9.90. The van der Waals surface area contributed by atoms with Gasteiger partial charge < -0.3 is 14.6 Å². The van der Waals surface area contributed by atoms with E-state index >= 15 is 0 Å². The van der Waals surface area contributed by atoms with Crippen LogP contribution in [0.5, 0.6) is 0 Å². The first kappa shape index (κ1) is 19.0. The fourth-order valence-electron chi connectivity index (χ4n) is 4.04. The molecule has 144 valence electrons. The molecule has 0 aliphatic carbocycles. The molecule has 0 unspecified atom stereocenters. The van der Waals surface area contributed by atoms with Gasteiger partial charge in [0.15, 0.2) is 0 Å². The fourth-order valence-corrected chi connectivity index (χ4v) is 4.04. The third-order valence-corrected chi connectivity index (χ3v) is 5.52. The lowest BCUT2D eigenvalue weighted by molar-refractivity contribution is -0.138. The number of nitrogens with zero attached hydrogens (tertiary/aromatic N) is 2. The minimum atomic E-state index is -0.109. The van der Waals surface area contributed by atoms with Crippen LogP contribution >= 0.6 is 0 Å². The highest BCUT2D eigenvalue weighted by molar-refractivity contribution is 5.82. The largest absolute Gasteiger partial charge is 0.468 e. The summed E-state index contributed by atoms with van der Waals surface area (Å²) < 4.78 is 5.61. The van der Waals surface area contributed by atoms with E-state index in [0.717, 1.165) is 38.2 Å². The van der Waals surface area contributed by atoms with Gasteiger partial charge >= 0.3 is 0 Å². The molecule has 0 radical (unpaired) electrons. The Morgan fingerprint density at radius 1 is 1.23 bits per heavy atom. The molecule has 0 bridgehead atoms. The van der Waals surface area contributed by atoms with Crippen molar-refractivity contribution in [1.29, 1.82) is 0 Å². The lowest BCUT2D eigenvalue weighted by Crippen LogP contribution is -2.47. The van der Waals surface area contributed by atoms with Crippen molar-refractivity contribution in [3.05, 3.63) is 24.2 Å². The maximum atomic E-state index is 12.7. The molecule has 2 saturated heterocycles. The summed E-state index contributed by atoms with van der Waals surface area (Å²) in [6.45, 7) is 7.78. The van der Waals surface area contributed by atoms with Gasteiger partial charge in [-0.2, -0.15) is 0 Å². The molecule has 0 spiro atoms. The lowest BCUT2D eigenvalue weighted by atomic mass is 9.96. The zero-order chi connectivity index (χ0) is 18.5. The Hall–Kier alpha value is -1.82. The molecule has 0 aromatic carbocycles. The third-order valence-electron chi connectivity index (χ3n) is 5.52. The number of nitrogens with one attached hydrogen (secondary N) is 1. The van der Waals surface area contributed by atoms with Gasteiger partial charge in [-0.1, -0.05) is 13.8 Å². The van der Waals surface area contributed by atoms with Crippen molar-refractivity contribution in [2.24, 2.45) is 11.8 Å². The fraction of sp³-hybridized carbons (Fsp3) is 0.700. The van der Waals surface area contributed by atoms with Crippen molar-refractivity contribution in [2.75, 3.05) is 32.7 Å². The Bertz CT molecular complexity index is 593. The molecule has 3 heterocycles. The molecule has 1 N–H and O–H groups in total. The number of likely N-dealkylation sites (tertiary alicyclic amines) is 2. The normalized spacial score (nSPS) is 22.6. The van der Waals surface area contributed by atoms with Crippen LogP contribution in [-0.2, 0) is 9.59 Å². The summed E-state index contributed by atoms with van der Waals surface area (Å²) in [5.74, 6) is 0.986.